The zero-order valence-electron chi connectivity index (χ0n) is 9.43. The molecule has 90 valence electrons. The molecule has 0 saturated carbocycles. The second-order valence-electron chi connectivity index (χ2n) is 2.93. The van der Waals surface area contributed by atoms with Gasteiger partial charge in [-0.2, -0.15) is 9.97 Å². The molecule has 2 N–H and O–H groups in total. The Morgan fingerprint density at radius 2 is 2.00 bits per heavy atom. The number of nitrogens with zero attached hydrogens (tertiary/aromatic N) is 3. The molecule has 0 fully saturated rings. The Balaban J connectivity index is 2.74. The summed E-state index contributed by atoms with van der Waals surface area (Å²) in [5.74, 6) is 0.404. The zero-order valence-corrected chi connectivity index (χ0v) is 9.43. The van der Waals surface area contributed by atoms with E-state index in [-0.39, 0.29) is 25.2 Å². The van der Waals surface area contributed by atoms with Crippen LogP contribution in [0.3, 0.4) is 0 Å². The van der Waals surface area contributed by atoms with E-state index in [1.54, 1.807) is 0 Å². The molecule has 0 bridgehead atoms. The maximum atomic E-state index is 8.62. The molecule has 16 heavy (non-hydrogen) atoms. The summed E-state index contributed by atoms with van der Waals surface area (Å²) in [4.78, 5) is 11.9. The Morgan fingerprint density at radius 1 is 1.25 bits per heavy atom. The van der Waals surface area contributed by atoms with E-state index in [1.807, 2.05) is 6.92 Å². The first-order valence-electron chi connectivity index (χ1n) is 5.07. The molecule has 0 aliphatic carbocycles. The highest BCUT2D eigenvalue weighted by molar-refractivity contribution is 5.27. The van der Waals surface area contributed by atoms with Gasteiger partial charge in [0.05, 0.1) is 13.7 Å². The lowest BCUT2D eigenvalue weighted by Crippen LogP contribution is -2.10. The van der Waals surface area contributed by atoms with Gasteiger partial charge in [-0.1, -0.05) is 6.92 Å². The monoisotopic (exact) mass is 228 g/mol. The molecule has 7 nitrogen and oxygen atoms in total. The van der Waals surface area contributed by atoms with Crippen LogP contribution in [0.15, 0.2) is 0 Å². The van der Waals surface area contributed by atoms with Crippen LogP contribution in [0.2, 0.25) is 0 Å². The molecule has 0 spiro atoms. The van der Waals surface area contributed by atoms with Crippen molar-refractivity contribution >= 4 is 5.95 Å². The molecule has 7 heteroatoms. The van der Waals surface area contributed by atoms with Crippen LogP contribution in [-0.2, 0) is 0 Å². The van der Waals surface area contributed by atoms with E-state index >= 15 is 0 Å². The van der Waals surface area contributed by atoms with Gasteiger partial charge in [0.25, 0.3) is 0 Å². The number of methoxy groups -OCH3 is 1. The van der Waals surface area contributed by atoms with E-state index in [2.05, 4.69) is 20.3 Å². The Labute approximate surface area is 93.9 Å². The van der Waals surface area contributed by atoms with Crippen molar-refractivity contribution in [2.45, 2.75) is 13.3 Å². The van der Waals surface area contributed by atoms with E-state index in [4.69, 9.17) is 14.6 Å². The first-order chi connectivity index (χ1) is 7.80. The number of aliphatic hydroxyl groups excluding tert-OH is 1. The molecule has 1 aromatic rings. The molecular weight excluding hydrogens is 212 g/mol. The summed E-state index contributed by atoms with van der Waals surface area (Å²) in [6.07, 6.45) is 0.959. The highest BCUT2D eigenvalue weighted by Gasteiger charge is 2.06. The fourth-order valence-electron chi connectivity index (χ4n) is 0.947. The predicted octanol–water partition coefficient (Wildman–Crippen LogP) is 0.0732. The molecule has 1 rings (SSSR count). The SMILES string of the molecule is CCCNc1nc(OC)nc(OCCO)n1. The molecule has 0 radical (unpaired) electrons. The molecule has 0 unspecified atom stereocenters. The van der Waals surface area contributed by atoms with Crippen molar-refractivity contribution in [3.63, 3.8) is 0 Å². The second-order valence-corrected chi connectivity index (χ2v) is 2.93. The van der Waals surface area contributed by atoms with Crippen LogP contribution in [-0.4, -0.2) is 46.9 Å². The molecule has 0 saturated heterocycles. The summed E-state index contributed by atoms with van der Waals surface area (Å²) < 4.78 is 10.00. The van der Waals surface area contributed by atoms with Crippen molar-refractivity contribution in [2.24, 2.45) is 0 Å². The van der Waals surface area contributed by atoms with Crippen molar-refractivity contribution in [3.8, 4) is 12.0 Å². The van der Waals surface area contributed by atoms with Gasteiger partial charge in [-0.15, -0.1) is 4.98 Å². The van der Waals surface area contributed by atoms with Crippen LogP contribution in [0.25, 0.3) is 0 Å². The number of rotatable bonds is 7. The van der Waals surface area contributed by atoms with E-state index in [0.717, 1.165) is 13.0 Å². The normalized spacial score (nSPS) is 9.94. The fourth-order valence-corrected chi connectivity index (χ4v) is 0.947. The number of aliphatic hydroxyl groups is 1. The van der Waals surface area contributed by atoms with Gasteiger partial charge in [0, 0.05) is 6.54 Å². The number of nitrogens with one attached hydrogen (secondary N) is 1. The molecule has 0 atom stereocenters. The lowest BCUT2D eigenvalue weighted by molar-refractivity contribution is 0.189. The number of anilines is 1. The molecule has 0 aromatic carbocycles. The molecule has 0 aliphatic rings. The van der Waals surface area contributed by atoms with Gasteiger partial charge in [0.2, 0.25) is 5.95 Å². The summed E-state index contributed by atoms with van der Waals surface area (Å²) in [6, 6.07) is 0.320. The minimum Gasteiger partial charge on any atom is -0.467 e. The predicted molar refractivity (Wildman–Crippen MR) is 57.7 cm³/mol. The van der Waals surface area contributed by atoms with Crippen molar-refractivity contribution in [1.82, 2.24) is 15.0 Å². The quantitative estimate of drug-likeness (QED) is 0.682. The first kappa shape index (κ1) is 12.4. The summed E-state index contributed by atoms with van der Waals surface area (Å²) in [5, 5.41) is 11.6. The number of aromatic nitrogens is 3. The van der Waals surface area contributed by atoms with Gasteiger partial charge in [0.1, 0.15) is 6.61 Å². The van der Waals surface area contributed by atoms with Gasteiger partial charge in [-0.3, -0.25) is 0 Å². The number of hydrogen-bond donors (Lipinski definition) is 2. The molecule has 1 heterocycles. The topological polar surface area (TPSA) is 89.4 Å². The van der Waals surface area contributed by atoms with Gasteiger partial charge >= 0.3 is 12.0 Å². The van der Waals surface area contributed by atoms with Crippen LogP contribution in [0.4, 0.5) is 5.95 Å². The zero-order chi connectivity index (χ0) is 11.8. The van der Waals surface area contributed by atoms with Gasteiger partial charge in [0.15, 0.2) is 0 Å². The van der Waals surface area contributed by atoms with Crippen molar-refractivity contribution in [1.29, 1.82) is 0 Å². The standard InChI is InChI=1S/C9H16N4O3/c1-3-4-10-7-11-8(15-2)13-9(12-7)16-6-5-14/h14H,3-6H2,1-2H3,(H,10,11,12,13). The summed E-state index contributed by atoms with van der Waals surface area (Å²) >= 11 is 0. The maximum Gasteiger partial charge on any atom is 0.324 e. The molecular formula is C9H16N4O3. The van der Waals surface area contributed by atoms with Crippen LogP contribution in [0.5, 0.6) is 12.0 Å². The lowest BCUT2D eigenvalue weighted by Gasteiger charge is -2.07. The van der Waals surface area contributed by atoms with Crippen LogP contribution in [0.1, 0.15) is 13.3 Å². The van der Waals surface area contributed by atoms with E-state index in [1.165, 1.54) is 7.11 Å². The second kappa shape index (κ2) is 6.78. The third kappa shape index (κ3) is 3.85. The molecule has 0 aliphatic heterocycles. The Hall–Kier alpha value is -1.63. The number of ether oxygens (including phenoxy) is 2. The van der Waals surface area contributed by atoms with Gasteiger partial charge in [-0.05, 0) is 6.42 Å². The molecule has 0 amide bonds. The highest BCUT2D eigenvalue weighted by atomic mass is 16.5. The van der Waals surface area contributed by atoms with Gasteiger partial charge < -0.3 is 19.9 Å². The Morgan fingerprint density at radius 3 is 2.62 bits per heavy atom. The minimum absolute atomic E-state index is 0.0915. The lowest BCUT2D eigenvalue weighted by atomic mass is 10.5. The maximum absolute atomic E-state index is 8.62. The Kier molecular flexibility index (Phi) is 5.27. The Bertz CT molecular complexity index is 295. The van der Waals surface area contributed by atoms with Crippen molar-refractivity contribution in [2.75, 3.05) is 32.2 Å². The van der Waals surface area contributed by atoms with Crippen molar-refractivity contribution < 1.29 is 14.6 Å². The third-order valence-corrected chi connectivity index (χ3v) is 1.63. The summed E-state index contributed by atoms with van der Waals surface area (Å²) in [6.45, 7) is 2.84. The largest absolute Gasteiger partial charge is 0.467 e. The fraction of sp³-hybridized carbons (Fsp3) is 0.667. The van der Waals surface area contributed by atoms with Crippen LogP contribution < -0.4 is 14.8 Å². The first-order valence-corrected chi connectivity index (χ1v) is 5.07. The van der Waals surface area contributed by atoms with E-state index in [0.29, 0.717) is 5.95 Å². The number of hydrogen-bond acceptors (Lipinski definition) is 7. The van der Waals surface area contributed by atoms with E-state index in [9.17, 15) is 0 Å². The summed E-state index contributed by atoms with van der Waals surface area (Å²) in [5.41, 5.74) is 0. The van der Waals surface area contributed by atoms with Crippen molar-refractivity contribution in [3.05, 3.63) is 0 Å². The summed E-state index contributed by atoms with van der Waals surface area (Å²) in [7, 11) is 1.47. The smallest absolute Gasteiger partial charge is 0.324 e. The third-order valence-electron chi connectivity index (χ3n) is 1.63. The van der Waals surface area contributed by atoms with Crippen LogP contribution in [0, 0.1) is 0 Å². The molecule has 1 aromatic heterocycles. The minimum atomic E-state index is -0.0915. The average Bonchev–Trinajstić information content (AvgIpc) is 2.33. The highest BCUT2D eigenvalue weighted by Crippen LogP contribution is 2.12. The average molecular weight is 228 g/mol. The van der Waals surface area contributed by atoms with Gasteiger partial charge in [-0.25, -0.2) is 0 Å². The van der Waals surface area contributed by atoms with Crippen LogP contribution >= 0.6 is 0 Å². The van der Waals surface area contributed by atoms with E-state index < -0.39 is 0 Å².